The molecular formula is C16H25ClN2O2. The molecule has 0 spiro atoms. The fourth-order valence-electron chi connectivity index (χ4n) is 2.43. The fourth-order valence-corrected chi connectivity index (χ4v) is 2.43. The van der Waals surface area contributed by atoms with Gasteiger partial charge in [-0.15, -0.1) is 12.4 Å². The molecule has 1 fully saturated rings. The minimum atomic E-state index is 0. The Bertz CT molecular complexity index is 408. The van der Waals surface area contributed by atoms with Crippen molar-refractivity contribution in [1.29, 1.82) is 0 Å². The molecule has 5 heteroatoms. The van der Waals surface area contributed by atoms with Crippen LogP contribution >= 0.6 is 12.4 Å². The highest BCUT2D eigenvalue weighted by Crippen LogP contribution is 2.11. The molecule has 21 heavy (non-hydrogen) atoms. The molecule has 1 atom stereocenters. The molecule has 1 aromatic rings. The molecule has 0 bridgehead atoms. The first-order valence-corrected chi connectivity index (χ1v) is 7.41. The predicted molar refractivity (Wildman–Crippen MR) is 87.1 cm³/mol. The van der Waals surface area contributed by atoms with E-state index >= 15 is 0 Å². The summed E-state index contributed by atoms with van der Waals surface area (Å²) in [5, 5.41) is 3.36. The van der Waals surface area contributed by atoms with Gasteiger partial charge in [0.2, 0.25) is 5.91 Å². The molecule has 1 saturated heterocycles. The SMILES string of the molecule is CN(CCCOc1ccccc1)C(=O)CC1CCCN1.Cl. The van der Waals surface area contributed by atoms with E-state index < -0.39 is 0 Å². The third-order valence-corrected chi connectivity index (χ3v) is 3.66. The summed E-state index contributed by atoms with van der Waals surface area (Å²) in [6, 6.07) is 10.2. The van der Waals surface area contributed by atoms with Gasteiger partial charge in [0.25, 0.3) is 0 Å². The van der Waals surface area contributed by atoms with Gasteiger partial charge in [-0.3, -0.25) is 4.79 Å². The Morgan fingerprint density at radius 1 is 1.38 bits per heavy atom. The van der Waals surface area contributed by atoms with E-state index in [2.05, 4.69) is 5.32 Å². The number of benzene rings is 1. The summed E-state index contributed by atoms with van der Waals surface area (Å²) >= 11 is 0. The van der Waals surface area contributed by atoms with E-state index in [9.17, 15) is 4.79 Å². The molecule has 4 nitrogen and oxygen atoms in total. The van der Waals surface area contributed by atoms with Crippen molar-refractivity contribution in [3.05, 3.63) is 30.3 Å². The highest BCUT2D eigenvalue weighted by atomic mass is 35.5. The molecule has 118 valence electrons. The molecule has 1 unspecified atom stereocenters. The van der Waals surface area contributed by atoms with E-state index in [1.807, 2.05) is 42.3 Å². The average molecular weight is 313 g/mol. The summed E-state index contributed by atoms with van der Waals surface area (Å²) in [6.07, 6.45) is 3.79. The number of hydrogen-bond donors (Lipinski definition) is 1. The van der Waals surface area contributed by atoms with Crippen LogP contribution in [0.4, 0.5) is 0 Å². The van der Waals surface area contributed by atoms with Gasteiger partial charge >= 0.3 is 0 Å². The monoisotopic (exact) mass is 312 g/mol. The molecule has 1 N–H and O–H groups in total. The first-order chi connectivity index (χ1) is 9.75. The van der Waals surface area contributed by atoms with E-state index in [-0.39, 0.29) is 18.3 Å². The number of rotatable bonds is 7. The van der Waals surface area contributed by atoms with Gasteiger partial charge in [-0.25, -0.2) is 0 Å². The summed E-state index contributed by atoms with van der Waals surface area (Å²) in [4.78, 5) is 13.8. The zero-order valence-electron chi connectivity index (χ0n) is 12.6. The van der Waals surface area contributed by atoms with Gasteiger partial charge in [-0.1, -0.05) is 18.2 Å². The third kappa shape index (κ3) is 6.36. The van der Waals surface area contributed by atoms with Crippen LogP contribution < -0.4 is 10.1 Å². The number of ether oxygens (including phenoxy) is 1. The van der Waals surface area contributed by atoms with Crippen molar-refractivity contribution in [3.63, 3.8) is 0 Å². The lowest BCUT2D eigenvalue weighted by atomic mass is 10.1. The van der Waals surface area contributed by atoms with Crippen LogP contribution in [-0.4, -0.2) is 43.6 Å². The third-order valence-electron chi connectivity index (χ3n) is 3.66. The largest absolute Gasteiger partial charge is 0.494 e. The van der Waals surface area contributed by atoms with Gasteiger partial charge < -0.3 is 15.0 Å². The van der Waals surface area contributed by atoms with Gasteiger partial charge in [0.05, 0.1) is 6.61 Å². The van der Waals surface area contributed by atoms with Crippen molar-refractivity contribution in [3.8, 4) is 5.75 Å². The minimum Gasteiger partial charge on any atom is -0.494 e. The smallest absolute Gasteiger partial charge is 0.223 e. The summed E-state index contributed by atoms with van der Waals surface area (Å²) in [6.45, 7) is 2.44. The van der Waals surface area contributed by atoms with E-state index in [0.29, 0.717) is 19.1 Å². The van der Waals surface area contributed by atoms with E-state index in [1.54, 1.807) is 0 Å². The molecule has 0 aliphatic carbocycles. The lowest BCUT2D eigenvalue weighted by Gasteiger charge is -2.19. The molecule has 1 amide bonds. The topological polar surface area (TPSA) is 41.6 Å². The average Bonchev–Trinajstić information content (AvgIpc) is 2.97. The number of hydrogen-bond acceptors (Lipinski definition) is 3. The predicted octanol–water partition coefficient (Wildman–Crippen LogP) is 2.48. The highest BCUT2D eigenvalue weighted by Gasteiger charge is 2.19. The van der Waals surface area contributed by atoms with Gasteiger partial charge in [0.1, 0.15) is 5.75 Å². The molecule has 0 aromatic heterocycles. The molecular weight excluding hydrogens is 288 g/mol. The van der Waals surface area contributed by atoms with Crippen molar-refractivity contribution in [2.75, 3.05) is 26.7 Å². The quantitative estimate of drug-likeness (QED) is 0.787. The Kier molecular flexibility index (Phi) is 8.16. The van der Waals surface area contributed by atoms with Crippen LogP contribution in [0, 0.1) is 0 Å². The molecule has 1 heterocycles. The lowest BCUT2D eigenvalue weighted by Crippen LogP contribution is -2.34. The number of halogens is 1. The Labute approximate surface area is 133 Å². The first kappa shape index (κ1) is 17.8. The second-order valence-corrected chi connectivity index (χ2v) is 5.33. The summed E-state index contributed by atoms with van der Waals surface area (Å²) in [5.74, 6) is 1.11. The number of para-hydroxylation sites is 1. The van der Waals surface area contributed by atoms with Crippen molar-refractivity contribution >= 4 is 18.3 Å². The molecule has 0 saturated carbocycles. The fraction of sp³-hybridized carbons (Fsp3) is 0.562. The second kappa shape index (κ2) is 9.64. The van der Waals surface area contributed by atoms with Crippen LogP contribution in [0.15, 0.2) is 30.3 Å². The van der Waals surface area contributed by atoms with Gasteiger partial charge in [0.15, 0.2) is 0 Å². The van der Waals surface area contributed by atoms with E-state index in [1.165, 1.54) is 6.42 Å². The highest BCUT2D eigenvalue weighted by molar-refractivity contribution is 5.85. The first-order valence-electron chi connectivity index (χ1n) is 7.41. The second-order valence-electron chi connectivity index (χ2n) is 5.33. The standard InChI is InChI=1S/C16H24N2O2.ClH/c1-18(16(19)13-14-7-5-10-17-14)11-6-12-20-15-8-3-2-4-9-15;/h2-4,8-9,14,17H,5-7,10-13H2,1H3;1H. The molecule has 1 aromatic carbocycles. The molecule has 0 radical (unpaired) electrons. The Morgan fingerprint density at radius 2 is 2.14 bits per heavy atom. The maximum Gasteiger partial charge on any atom is 0.223 e. The number of amides is 1. The van der Waals surface area contributed by atoms with Crippen LogP contribution in [0.3, 0.4) is 0 Å². The van der Waals surface area contributed by atoms with Crippen LogP contribution in [-0.2, 0) is 4.79 Å². The van der Waals surface area contributed by atoms with Gasteiger partial charge in [-0.2, -0.15) is 0 Å². The van der Waals surface area contributed by atoms with Crippen molar-refractivity contribution < 1.29 is 9.53 Å². The minimum absolute atomic E-state index is 0. The van der Waals surface area contributed by atoms with Gasteiger partial charge in [0, 0.05) is 26.1 Å². The van der Waals surface area contributed by atoms with E-state index in [0.717, 1.165) is 31.7 Å². The number of carbonyl (C=O) groups is 1. The van der Waals surface area contributed by atoms with Crippen LogP contribution in [0.2, 0.25) is 0 Å². The molecule has 2 rings (SSSR count). The van der Waals surface area contributed by atoms with Crippen molar-refractivity contribution in [2.24, 2.45) is 0 Å². The Morgan fingerprint density at radius 3 is 2.81 bits per heavy atom. The molecule has 1 aliphatic rings. The Hall–Kier alpha value is -1.26. The lowest BCUT2D eigenvalue weighted by molar-refractivity contribution is -0.130. The Balaban J connectivity index is 0.00000220. The maximum absolute atomic E-state index is 12.0. The zero-order valence-corrected chi connectivity index (χ0v) is 13.4. The number of carbonyl (C=O) groups excluding carboxylic acids is 1. The van der Waals surface area contributed by atoms with E-state index in [4.69, 9.17) is 4.74 Å². The zero-order chi connectivity index (χ0) is 14.2. The van der Waals surface area contributed by atoms with Gasteiger partial charge in [-0.05, 0) is 37.9 Å². The normalized spacial score (nSPS) is 17.1. The van der Waals surface area contributed by atoms with Crippen LogP contribution in [0.25, 0.3) is 0 Å². The summed E-state index contributed by atoms with van der Waals surface area (Å²) < 4.78 is 5.62. The van der Waals surface area contributed by atoms with Crippen LogP contribution in [0.1, 0.15) is 25.7 Å². The number of nitrogens with one attached hydrogen (secondary N) is 1. The maximum atomic E-state index is 12.0. The van der Waals surface area contributed by atoms with Crippen molar-refractivity contribution in [2.45, 2.75) is 31.7 Å². The van der Waals surface area contributed by atoms with Crippen LogP contribution in [0.5, 0.6) is 5.75 Å². The van der Waals surface area contributed by atoms with Crippen molar-refractivity contribution in [1.82, 2.24) is 10.2 Å². The molecule has 1 aliphatic heterocycles. The number of nitrogens with zero attached hydrogens (tertiary/aromatic N) is 1. The summed E-state index contributed by atoms with van der Waals surface area (Å²) in [5.41, 5.74) is 0. The summed E-state index contributed by atoms with van der Waals surface area (Å²) in [7, 11) is 1.87.